The zero-order chi connectivity index (χ0) is 19.6. The standard InChI is InChI=1S/C19H23N3O4S/c1-3-10-22-11-15(6-9-19(22)25)21-18(24)13-27-12-17(23)20-14-4-7-16(26-2)8-5-14/h4-9,11H,3,10,12-13H2,1-2H3,(H,20,23)(H,21,24). The molecule has 0 atom stereocenters. The fraction of sp³-hybridized carbons (Fsp3) is 0.316. The first kappa shape index (κ1) is 20.6. The van der Waals surface area contributed by atoms with Crippen molar-refractivity contribution < 1.29 is 14.3 Å². The number of rotatable bonds is 9. The lowest BCUT2D eigenvalue weighted by atomic mass is 10.3. The number of ether oxygens (including phenoxy) is 1. The number of pyridine rings is 1. The van der Waals surface area contributed by atoms with Crippen LogP contribution in [0.3, 0.4) is 0 Å². The Morgan fingerprint density at radius 1 is 1.00 bits per heavy atom. The Kier molecular flexibility index (Phi) is 7.94. The molecule has 0 aliphatic heterocycles. The summed E-state index contributed by atoms with van der Waals surface area (Å²) in [6.45, 7) is 2.58. The van der Waals surface area contributed by atoms with Gasteiger partial charge in [-0.2, -0.15) is 0 Å². The van der Waals surface area contributed by atoms with Gasteiger partial charge in [0.2, 0.25) is 11.8 Å². The SMILES string of the molecule is CCCn1cc(NC(=O)CSCC(=O)Nc2ccc(OC)cc2)ccc1=O. The zero-order valence-electron chi connectivity index (χ0n) is 15.4. The number of amides is 2. The highest BCUT2D eigenvalue weighted by atomic mass is 32.2. The van der Waals surface area contributed by atoms with E-state index in [2.05, 4.69) is 10.6 Å². The van der Waals surface area contributed by atoms with Gasteiger partial charge in [0, 0.05) is 24.5 Å². The Bertz CT molecular complexity index is 834. The van der Waals surface area contributed by atoms with E-state index in [0.717, 1.165) is 6.42 Å². The monoisotopic (exact) mass is 389 g/mol. The number of aryl methyl sites for hydroxylation is 1. The third-order valence-electron chi connectivity index (χ3n) is 3.57. The van der Waals surface area contributed by atoms with Crippen molar-refractivity contribution in [3.8, 4) is 5.75 Å². The molecule has 0 spiro atoms. The molecule has 2 aromatic rings. The smallest absolute Gasteiger partial charge is 0.250 e. The molecule has 0 aliphatic rings. The van der Waals surface area contributed by atoms with Crippen LogP contribution in [0.2, 0.25) is 0 Å². The largest absolute Gasteiger partial charge is 0.497 e. The molecule has 8 heteroatoms. The molecule has 0 saturated carbocycles. The summed E-state index contributed by atoms with van der Waals surface area (Å²) in [5.41, 5.74) is 1.14. The van der Waals surface area contributed by atoms with Crippen LogP contribution in [0.5, 0.6) is 5.75 Å². The van der Waals surface area contributed by atoms with Crippen molar-refractivity contribution in [2.45, 2.75) is 19.9 Å². The van der Waals surface area contributed by atoms with Crippen LogP contribution >= 0.6 is 11.8 Å². The number of carbonyl (C=O) groups is 2. The Morgan fingerprint density at radius 3 is 2.19 bits per heavy atom. The first-order valence-corrected chi connectivity index (χ1v) is 9.69. The maximum atomic E-state index is 12.0. The van der Waals surface area contributed by atoms with Gasteiger partial charge >= 0.3 is 0 Å². The molecule has 2 rings (SSSR count). The number of benzene rings is 1. The second-order valence-electron chi connectivity index (χ2n) is 5.77. The van der Waals surface area contributed by atoms with E-state index in [0.29, 0.717) is 23.7 Å². The number of hydrogen-bond acceptors (Lipinski definition) is 5. The van der Waals surface area contributed by atoms with E-state index in [9.17, 15) is 14.4 Å². The molecule has 7 nitrogen and oxygen atoms in total. The molecule has 0 aliphatic carbocycles. The minimum atomic E-state index is -0.223. The van der Waals surface area contributed by atoms with Crippen molar-refractivity contribution in [1.82, 2.24) is 4.57 Å². The maximum Gasteiger partial charge on any atom is 0.250 e. The lowest BCUT2D eigenvalue weighted by molar-refractivity contribution is -0.114. The van der Waals surface area contributed by atoms with Gasteiger partial charge in [0.15, 0.2) is 0 Å². The van der Waals surface area contributed by atoms with Crippen LogP contribution in [0.25, 0.3) is 0 Å². The van der Waals surface area contributed by atoms with Gasteiger partial charge in [-0.3, -0.25) is 14.4 Å². The Labute approximate surface area is 162 Å². The van der Waals surface area contributed by atoms with Gasteiger partial charge in [-0.05, 0) is 36.8 Å². The first-order chi connectivity index (χ1) is 13.0. The topological polar surface area (TPSA) is 89.4 Å². The minimum absolute atomic E-state index is 0.0978. The number of thioether (sulfide) groups is 1. The summed E-state index contributed by atoms with van der Waals surface area (Å²) in [5, 5.41) is 5.50. The normalized spacial score (nSPS) is 10.3. The molecule has 2 N–H and O–H groups in total. The van der Waals surface area contributed by atoms with Crippen molar-refractivity contribution in [3.05, 3.63) is 52.9 Å². The van der Waals surface area contributed by atoms with Crippen LogP contribution in [0.15, 0.2) is 47.4 Å². The summed E-state index contributed by atoms with van der Waals surface area (Å²) in [4.78, 5) is 35.6. The van der Waals surface area contributed by atoms with Crippen molar-refractivity contribution in [2.75, 3.05) is 29.2 Å². The molecule has 2 amide bonds. The van der Waals surface area contributed by atoms with Crippen LogP contribution in [-0.2, 0) is 16.1 Å². The van der Waals surface area contributed by atoms with Crippen molar-refractivity contribution >= 4 is 35.0 Å². The van der Waals surface area contributed by atoms with E-state index in [1.165, 1.54) is 17.8 Å². The van der Waals surface area contributed by atoms with E-state index in [4.69, 9.17) is 4.74 Å². The molecular weight excluding hydrogens is 366 g/mol. The summed E-state index contributed by atoms with van der Waals surface area (Å²) in [7, 11) is 1.58. The molecule has 27 heavy (non-hydrogen) atoms. The molecule has 144 valence electrons. The van der Waals surface area contributed by atoms with Crippen molar-refractivity contribution in [2.24, 2.45) is 0 Å². The summed E-state index contributed by atoms with van der Waals surface area (Å²) >= 11 is 1.22. The van der Waals surface area contributed by atoms with Gasteiger partial charge in [0.1, 0.15) is 5.75 Å². The molecule has 0 bridgehead atoms. The Balaban J connectivity index is 1.76. The minimum Gasteiger partial charge on any atom is -0.497 e. The van der Waals surface area contributed by atoms with Gasteiger partial charge < -0.3 is 19.9 Å². The van der Waals surface area contributed by atoms with E-state index >= 15 is 0 Å². The number of methoxy groups -OCH3 is 1. The number of nitrogens with zero attached hydrogens (tertiary/aromatic N) is 1. The fourth-order valence-corrected chi connectivity index (χ4v) is 2.94. The van der Waals surface area contributed by atoms with Crippen LogP contribution in [0, 0.1) is 0 Å². The van der Waals surface area contributed by atoms with Gasteiger partial charge in [-0.15, -0.1) is 11.8 Å². The first-order valence-electron chi connectivity index (χ1n) is 8.54. The second kappa shape index (κ2) is 10.4. The molecule has 0 fully saturated rings. The number of aromatic nitrogens is 1. The predicted octanol–water partition coefficient (Wildman–Crippen LogP) is 2.58. The highest BCUT2D eigenvalue weighted by Crippen LogP contribution is 2.15. The van der Waals surface area contributed by atoms with Crippen LogP contribution in [0.1, 0.15) is 13.3 Å². The number of hydrogen-bond donors (Lipinski definition) is 2. The number of carbonyl (C=O) groups excluding carboxylic acids is 2. The quantitative estimate of drug-likeness (QED) is 0.688. The third kappa shape index (κ3) is 6.82. The highest BCUT2D eigenvalue weighted by molar-refractivity contribution is 8.00. The Morgan fingerprint density at radius 2 is 1.59 bits per heavy atom. The lowest BCUT2D eigenvalue weighted by Gasteiger charge is -2.09. The number of anilines is 2. The van der Waals surface area contributed by atoms with Gasteiger partial charge in [0.25, 0.3) is 5.56 Å². The van der Waals surface area contributed by atoms with Gasteiger partial charge in [0.05, 0.1) is 24.3 Å². The summed E-state index contributed by atoms with van der Waals surface area (Å²) < 4.78 is 6.62. The molecule has 1 aromatic heterocycles. The molecule has 0 saturated heterocycles. The van der Waals surface area contributed by atoms with E-state index in [-0.39, 0.29) is 28.9 Å². The molecule has 0 unspecified atom stereocenters. The maximum absolute atomic E-state index is 12.0. The van der Waals surface area contributed by atoms with Crippen LogP contribution in [-0.4, -0.2) is 35.0 Å². The van der Waals surface area contributed by atoms with Crippen molar-refractivity contribution in [3.63, 3.8) is 0 Å². The highest BCUT2D eigenvalue weighted by Gasteiger charge is 2.08. The molecule has 0 radical (unpaired) electrons. The molecule has 1 heterocycles. The van der Waals surface area contributed by atoms with Crippen molar-refractivity contribution in [1.29, 1.82) is 0 Å². The molecule has 1 aromatic carbocycles. The predicted molar refractivity (Wildman–Crippen MR) is 109 cm³/mol. The average molecular weight is 389 g/mol. The van der Waals surface area contributed by atoms with Crippen LogP contribution < -0.4 is 20.9 Å². The van der Waals surface area contributed by atoms with Gasteiger partial charge in [-0.1, -0.05) is 6.92 Å². The van der Waals surface area contributed by atoms with E-state index < -0.39 is 0 Å². The van der Waals surface area contributed by atoms with Crippen LogP contribution in [0.4, 0.5) is 11.4 Å². The second-order valence-corrected chi connectivity index (χ2v) is 6.75. The lowest BCUT2D eigenvalue weighted by Crippen LogP contribution is -2.21. The summed E-state index contributed by atoms with van der Waals surface area (Å²) in [6, 6.07) is 10.0. The summed E-state index contributed by atoms with van der Waals surface area (Å²) in [6.07, 6.45) is 2.46. The fourth-order valence-electron chi connectivity index (χ4n) is 2.33. The van der Waals surface area contributed by atoms with E-state index in [1.807, 2.05) is 6.92 Å². The zero-order valence-corrected chi connectivity index (χ0v) is 16.2. The molecular formula is C19H23N3O4S. The number of nitrogens with one attached hydrogen (secondary N) is 2. The summed E-state index contributed by atoms with van der Waals surface area (Å²) in [5.74, 6) is 0.607. The van der Waals surface area contributed by atoms with E-state index in [1.54, 1.807) is 48.2 Å². The van der Waals surface area contributed by atoms with Gasteiger partial charge in [-0.25, -0.2) is 0 Å². The Hall–Kier alpha value is -2.74. The third-order valence-corrected chi connectivity index (χ3v) is 4.50. The average Bonchev–Trinajstić information content (AvgIpc) is 2.65.